The number of methoxy groups -OCH3 is 2. The molecule has 0 radical (unpaired) electrons. The van der Waals surface area contributed by atoms with Gasteiger partial charge < -0.3 is 24.3 Å². The lowest BCUT2D eigenvalue weighted by molar-refractivity contribution is 0.0949. The van der Waals surface area contributed by atoms with Crippen LogP contribution in [0.25, 0.3) is 0 Å². The molecule has 1 fully saturated rings. The van der Waals surface area contributed by atoms with Crippen LogP contribution in [0.3, 0.4) is 0 Å². The van der Waals surface area contributed by atoms with Crippen LogP contribution in [0.1, 0.15) is 28.8 Å². The van der Waals surface area contributed by atoms with Crippen molar-refractivity contribution in [2.24, 2.45) is 0 Å². The summed E-state index contributed by atoms with van der Waals surface area (Å²) in [6.07, 6.45) is 2.07. The molecule has 1 aliphatic heterocycles. The largest absolute Gasteiger partial charge is 0.497 e. The molecule has 1 amide bonds. The van der Waals surface area contributed by atoms with Crippen LogP contribution in [0.15, 0.2) is 36.4 Å². The highest BCUT2D eigenvalue weighted by Gasteiger charge is 2.45. The second-order valence-corrected chi connectivity index (χ2v) is 6.92. The second-order valence-electron chi connectivity index (χ2n) is 6.92. The SMILES string of the molecule is COc1cc(OC)cc(C(=O)NCC2(c3ccc4c(c3)OCCO4)CC2)c1. The van der Waals surface area contributed by atoms with E-state index in [0.29, 0.717) is 36.8 Å². The molecule has 0 unspecified atom stereocenters. The van der Waals surface area contributed by atoms with E-state index in [9.17, 15) is 4.79 Å². The number of hydrogen-bond acceptors (Lipinski definition) is 5. The molecule has 142 valence electrons. The lowest BCUT2D eigenvalue weighted by Gasteiger charge is -2.22. The molecule has 0 saturated heterocycles. The minimum absolute atomic E-state index is 0.0333. The first-order chi connectivity index (χ1) is 13.1. The maximum absolute atomic E-state index is 12.7. The first-order valence-corrected chi connectivity index (χ1v) is 9.05. The molecule has 2 aromatic rings. The quantitative estimate of drug-likeness (QED) is 0.848. The van der Waals surface area contributed by atoms with Gasteiger partial charge in [0.1, 0.15) is 24.7 Å². The van der Waals surface area contributed by atoms with Crippen LogP contribution in [0, 0.1) is 0 Å². The van der Waals surface area contributed by atoms with Crippen molar-refractivity contribution in [1.29, 1.82) is 0 Å². The first-order valence-electron chi connectivity index (χ1n) is 9.05. The minimum atomic E-state index is -0.143. The average Bonchev–Trinajstić information content (AvgIpc) is 3.52. The van der Waals surface area contributed by atoms with E-state index in [2.05, 4.69) is 11.4 Å². The van der Waals surface area contributed by atoms with E-state index < -0.39 is 0 Å². The van der Waals surface area contributed by atoms with Crippen molar-refractivity contribution in [2.75, 3.05) is 34.0 Å². The van der Waals surface area contributed by atoms with Crippen molar-refractivity contribution in [1.82, 2.24) is 5.32 Å². The van der Waals surface area contributed by atoms with Crippen LogP contribution < -0.4 is 24.3 Å². The average molecular weight is 369 g/mol. The summed E-state index contributed by atoms with van der Waals surface area (Å²) in [6.45, 7) is 1.72. The normalized spacial score (nSPS) is 16.4. The zero-order chi connectivity index (χ0) is 18.9. The number of carbonyl (C=O) groups excluding carboxylic acids is 1. The van der Waals surface area contributed by atoms with Crippen molar-refractivity contribution in [3.05, 3.63) is 47.5 Å². The zero-order valence-corrected chi connectivity index (χ0v) is 15.5. The highest BCUT2D eigenvalue weighted by atomic mass is 16.6. The summed E-state index contributed by atoms with van der Waals surface area (Å²) >= 11 is 0. The number of hydrogen-bond donors (Lipinski definition) is 1. The second kappa shape index (κ2) is 7.02. The van der Waals surface area contributed by atoms with E-state index in [0.717, 1.165) is 24.3 Å². The predicted octanol–water partition coefficient (Wildman–Crippen LogP) is 2.94. The molecule has 1 heterocycles. The predicted molar refractivity (Wildman–Crippen MR) is 100 cm³/mol. The van der Waals surface area contributed by atoms with Crippen LogP contribution >= 0.6 is 0 Å². The van der Waals surface area contributed by atoms with Gasteiger partial charge in [0, 0.05) is 23.6 Å². The van der Waals surface area contributed by atoms with E-state index in [1.54, 1.807) is 32.4 Å². The molecule has 1 saturated carbocycles. The molecule has 6 nitrogen and oxygen atoms in total. The molecule has 0 aromatic heterocycles. The zero-order valence-electron chi connectivity index (χ0n) is 15.5. The van der Waals surface area contributed by atoms with Gasteiger partial charge in [0.25, 0.3) is 5.91 Å². The van der Waals surface area contributed by atoms with Gasteiger partial charge in [0.05, 0.1) is 14.2 Å². The summed E-state index contributed by atoms with van der Waals surface area (Å²) in [4.78, 5) is 12.7. The number of rotatable bonds is 6. The third-order valence-electron chi connectivity index (χ3n) is 5.21. The third kappa shape index (κ3) is 3.52. The summed E-state index contributed by atoms with van der Waals surface area (Å²) in [6, 6.07) is 11.2. The number of ether oxygens (including phenoxy) is 4. The van der Waals surface area contributed by atoms with Gasteiger partial charge in [-0.25, -0.2) is 0 Å². The van der Waals surface area contributed by atoms with Gasteiger partial charge in [-0.2, -0.15) is 0 Å². The van der Waals surface area contributed by atoms with Gasteiger partial charge in [0.2, 0.25) is 0 Å². The Hall–Kier alpha value is -2.89. The van der Waals surface area contributed by atoms with Gasteiger partial charge in [0.15, 0.2) is 11.5 Å². The monoisotopic (exact) mass is 369 g/mol. The van der Waals surface area contributed by atoms with Crippen LogP contribution in [0.2, 0.25) is 0 Å². The third-order valence-corrected chi connectivity index (χ3v) is 5.21. The number of nitrogens with one attached hydrogen (secondary N) is 1. The van der Waals surface area contributed by atoms with Gasteiger partial charge >= 0.3 is 0 Å². The van der Waals surface area contributed by atoms with Gasteiger partial charge in [-0.3, -0.25) is 4.79 Å². The Morgan fingerprint density at radius 2 is 1.67 bits per heavy atom. The first kappa shape index (κ1) is 17.5. The summed E-state index contributed by atoms with van der Waals surface area (Å²) in [5.41, 5.74) is 1.66. The fourth-order valence-electron chi connectivity index (χ4n) is 3.38. The summed E-state index contributed by atoms with van der Waals surface area (Å²) in [7, 11) is 3.13. The standard InChI is InChI=1S/C21H23NO5/c1-24-16-9-14(10-17(12-16)25-2)20(23)22-13-21(5-6-21)15-3-4-18-19(11-15)27-8-7-26-18/h3-4,9-12H,5-8,13H2,1-2H3,(H,22,23). The number of fused-ring (bicyclic) bond motifs is 1. The summed E-state index contributed by atoms with van der Waals surface area (Å²) < 4.78 is 21.8. The molecule has 6 heteroatoms. The highest BCUT2D eigenvalue weighted by molar-refractivity contribution is 5.95. The van der Waals surface area contributed by atoms with Gasteiger partial charge in [-0.05, 0) is 42.7 Å². The Labute approximate surface area is 158 Å². The van der Waals surface area contributed by atoms with E-state index in [1.807, 2.05) is 12.1 Å². The molecule has 1 N–H and O–H groups in total. The summed E-state index contributed by atoms with van der Waals surface area (Å²) in [5, 5.41) is 3.06. The molecule has 2 aromatic carbocycles. The Morgan fingerprint density at radius 3 is 2.30 bits per heavy atom. The number of carbonyl (C=O) groups is 1. The van der Waals surface area contributed by atoms with Gasteiger partial charge in [-0.1, -0.05) is 6.07 Å². The van der Waals surface area contributed by atoms with Gasteiger partial charge in [-0.15, -0.1) is 0 Å². The fraction of sp³-hybridized carbons (Fsp3) is 0.381. The minimum Gasteiger partial charge on any atom is -0.497 e. The van der Waals surface area contributed by atoms with Crippen molar-refractivity contribution in [2.45, 2.75) is 18.3 Å². The lowest BCUT2D eigenvalue weighted by Crippen LogP contribution is -2.32. The molecular formula is C21H23NO5. The smallest absolute Gasteiger partial charge is 0.251 e. The van der Waals surface area contributed by atoms with E-state index >= 15 is 0 Å². The van der Waals surface area contributed by atoms with E-state index in [1.165, 1.54) is 5.56 Å². The molecule has 4 rings (SSSR count). The molecule has 27 heavy (non-hydrogen) atoms. The van der Waals surface area contributed by atoms with Crippen molar-refractivity contribution < 1.29 is 23.7 Å². The molecule has 0 spiro atoms. The Bertz CT molecular complexity index is 837. The highest BCUT2D eigenvalue weighted by Crippen LogP contribution is 2.49. The fourth-order valence-corrected chi connectivity index (χ4v) is 3.38. The van der Waals surface area contributed by atoms with Crippen molar-refractivity contribution in [3.63, 3.8) is 0 Å². The Balaban J connectivity index is 1.47. The van der Waals surface area contributed by atoms with Crippen molar-refractivity contribution in [3.8, 4) is 23.0 Å². The van der Waals surface area contributed by atoms with Crippen LogP contribution in [0.5, 0.6) is 23.0 Å². The Kier molecular flexibility index (Phi) is 4.56. The topological polar surface area (TPSA) is 66.0 Å². The lowest BCUT2D eigenvalue weighted by atomic mass is 9.95. The maximum atomic E-state index is 12.7. The number of benzene rings is 2. The van der Waals surface area contributed by atoms with E-state index in [-0.39, 0.29) is 11.3 Å². The molecule has 1 aliphatic carbocycles. The van der Waals surface area contributed by atoms with Crippen LogP contribution in [0.4, 0.5) is 0 Å². The molecular weight excluding hydrogens is 346 g/mol. The molecule has 2 aliphatic rings. The summed E-state index contributed by atoms with van der Waals surface area (Å²) in [5.74, 6) is 2.61. The van der Waals surface area contributed by atoms with Crippen LogP contribution in [-0.4, -0.2) is 39.9 Å². The Morgan fingerprint density at radius 1 is 1.00 bits per heavy atom. The van der Waals surface area contributed by atoms with Crippen molar-refractivity contribution >= 4 is 5.91 Å². The number of amides is 1. The van der Waals surface area contributed by atoms with Crippen LogP contribution in [-0.2, 0) is 5.41 Å². The maximum Gasteiger partial charge on any atom is 0.251 e. The van der Waals surface area contributed by atoms with E-state index in [4.69, 9.17) is 18.9 Å². The molecule has 0 bridgehead atoms. The molecule has 0 atom stereocenters.